The zero-order valence-electron chi connectivity index (χ0n) is 15.1. The van der Waals surface area contributed by atoms with Gasteiger partial charge in [-0.3, -0.25) is 9.59 Å². The van der Waals surface area contributed by atoms with E-state index in [1.54, 1.807) is 0 Å². The van der Waals surface area contributed by atoms with Crippen LogP contribution in [0.3, 0.4) is 0 Å². The van der Waals surface area contributed by atoms with Gasteiger partial charge >= 0.3 is 11.6 Å². The predicted octanol–water partition coefficient (Wildman–Crippen LogP) is 2.42. The Kier molecular flexibility index (Phi) is 5.49. The fourth-order valence-corrected chi connectivity index (χ4v) is 2.59. The van der Waals surface area contributed by atoms with Crippen molar-refractivity contribution in [2.75, 3.05) is 0 Å². The van der Waals surface area contributed by atoms with Gasteiger partial charge in [-0.1, -0.05) is 18.2 Å². The van der Waals surface area contributed by atoms with Crippen molar-refractivity contribution < 1.29 is 33.3 Å². The molecule has 0 saturated heterocycles. The molecule has 0 bridgehead atoms. The van der Waals surface area contributed by atoms with Gasteiger partial charge < -0.3 is 24.7 Å². The van der Waals surface area contributed by atoms with Crippen molar-refractivity contribution in [1.82, 2.24) is 5.32 Å². The highest BCUT2D eigenvalue weighted by Crippen LogP contribution is 2.34. The monoisotopic (exact) mass is 401 g/mol. The Labute approximate surface area is 163 Å². The molecule has 0 radical (unpaired) electrons. The average Bonchev–Trinajstić information content (AvgIpc) is 2.67. The van der Waals surface area contributed by atoms with Crippen LogP contribution in [0.15, 0.2) is 51.7 Å². The number of benzene rings is 2. The topological polar surface area (TPSA) is 126 Å². The molecule has 3 aromatic rings. The fraction of sp³-hybridized carbons (Fsp3) is 0.150. The first-order valence-electron chi connectivity index (χ1n) is 8.47. The lowest BCUT2D eigenvalue weighted by Crippen LogP contribution is -2.40. The van der Waals surface area contributed by atoms with E-state index in [2.05, 4.69) is 5.32 Å². The number of hydrogen-bond acceptors (Lipinski definition) is 6. The molecule has 0 aliphatic carbocycles. The number of carbonyl (C=O) groups excluding carboxylic acids is 1. The number of nitrogens with one attached hydrogen (secondary N) is 1. The number of amides is 1. The molecule has 0 aliphatic rings. The summed E-state index contributed by atoms with van der Waals surface area (Å²) in [4.78, 5) is 35.4. The second-order valence-electron chi connectivity index (χ2n) is 6.19. The van der Waals surface area contributed by atoms with Gasteiger partial charge in [0.1, 0.15) is 35.2 Å². The lowest BCUT2D eigenvalue weighted by atomic mass is 10.1. The van der Waals surface area contributed by atoms with Gasteiger partial charge in [0.2, 0.25) is 0 Å². The summed E-state index contributed by atoms with van der Waals surface area (Å²) in [7, 11) is 0. The number of carboxylic acids is 1. The number of rotatable bonds is 6. The van der Waals surface area contributed by atoms with Crippen LogP contribution in [0, 0.1) is 5.82 Å². The van der Waals surface area contributed by atoms with E-state index in [0.29, 0.717) is 5.56 Å². The number of ether oxygens (including phenoxy) is 1. The Morgan fingerprint density at radius 1 is 1.21 bits per heavy atom. The molecule has 0 saturated carbocycles. The standard InChI is InChI=1S/C20H16FNO7/c1-10(19(25)26)22-18(24)16-17(23)15-13(3-2-4-14(15)29-20(16)27)28-9-11-5-7-12(21)8-6-11/h2-8,10,23H,9H2,1H3,(H,22,24)(H,25,26). The molecule has 29 heavy (non-hydrogen) atoms. The Bertz CT molecular complexity index is 1140. The first-order valence-corrected chi connectivity index (χ1v) is 8.47. The number of carbonyl (C=O) groups is 2. The van der Waals surface area contributed by atoms with E-state index in [9.17, 15) is 23.9 Å². The zero-order chi connectivity index (χ0) is 21.1. The maximum atomic E-state index is 13.0. The molecule has 1 atom stereocenters. The van der Waals surface area contributed by atoms with Crippen molar-refractivity contribution in [3.63, 3.8) is 0 Å². The van der Waals surface area contributed by atoms with Crippen molar-refractivity contribution in [1.29, 1.82) is 0 Å². The largest absolute Gasteiger partial charge is 0.506 e. The summed E-state index contributed by atoms with van der Waals surface area (Å²) >= 11 is 0. The second-order valence-corrected chi connectivity index (χ2v) is 6.19. The van der Waals surface area contributed by atoms with E-state index in [-0.39, 0.29) is 23.3 Å². The van der Waals surface area contributed by atoms with Crippen LogP contribution in [0.1, 0.15) is 22.8 Å². The van der Waals surface area contributed by atoms with Gasteiger partial charge in [-0.05, 0) is 36.8 Å². The van der Waals surface area contributed by atoms with Crippen LogP contribution in [0.5, 0.6) is 11.5 Å². The van der Waals surface area contributed by atoms with Gasteiger partial charge in [-0.2, -0.15) is 0 Å². The van der Waals surface area contributed by atoms with Crippen molar-refractivity contribution in [3.05, 3.63) is 69.8 Å². The number of fused-ring (bicyclic) bond motifs is 1. The maximum Gasteiger partial charge on any atom is 0.353 e. The molecule has 9 heteroatoms. The molecule has 0 spiro atoms. The summed E-state index contributed by atoms with van der Waals surface area (Å²) in [6, 6.07) is 8.71. The Hall–Kier alpha value is -3.88. The number of aliphatic carboxylic acids is 1. The summed E-state index contributed by atoms with van der Waals surface area (Å²) in [6.45, 7) is 1.23. The minimum absolute atomic E-state index is 0.0214. The SMILES string of the molecule is CC(NC(=O)c1c(O)c2c(OCc3ccc(F)cc3)cccc2oc1=O)C(=O)O. The lowest BCUT2D eigenvalue weighted by molar-refractivity contribution is -0.138. The zero-order valence-corrected chi connectivity index (χ0v) is 15.1. The molecule has 0 aliphatic heterocycles. The minimum Gasteiger partial charge on any atom is -0.506 e. The molecule has 0 fully saturated rings. The highest BCUT2D eigenvalue weighted by molar-refractivity contribution is 6.04. The first kappa shape index (κ1) is 19.9. The van der Waals surface area contributed by atoms with Crippen LogP contribution in [0.4, 0.5) is 4.39 Å². The molecule has 150 valence electrons. The molecule has 3 N–H and O–H groups in total. The average molecular weight is 401 g/mol. The summed E-state index contributed by atoms with van der Waals surface area (Å²) in [6.07, 6.45) is 0. The van der Waals surface area contributed by atoms with Gasteiger partial charge in [0.15, 0.2) is 11.3 Å². The van der Waals surface area contributed by atoms with Crippen LogP contribution in [-0.2, 0) is 11.4 Å². The number of hydrogen-bond donors (Lipinski definition) is 3. The van der Waals surface area contributed by atoms with E-state index < -0.39 is 40.7 Å². The molecule has 8 nitrogen and oxygen atoms in total. The lowest BCUT2D eigenvalue weighted by Gasteiger charge is -2.13. The van der Waals surface area contributed by atoms with Crippen molar-refractivity contribution in [3.8, 4) is 11.5 Å². The van der Waals surface area contributed by atoms with Gasteiger partial charge in [0.25, 0.3) is 5.91 Å². The van der Waals surface area contributed by atoms with Crippen LogP contribution >= 0.6 is 0 Å². The van der Waals surface area contributed by atoms with Gasteiger partial charge in [-0.15, -0.1) is 0 Å². The van der Waals surface area contributed by atoms with Crippen LogP contribution in [-0.4, -0.2) is 28.1 Å². The molecule has 1 heterocycles. The summed E-state index contributed by atoms with van der Waals surface area (Å²) in [5.41, 5.74) is -1.23. The highest BCUT2D eigenvalue weighted by atomic mass is 19.1. The van der Waals surface area contributed by atoms with Crippen molar-refractivity contribution >= 4 is 22.8 Å². The second kappa shape index (κ2) is 8.01. The van der Waals surface area contributed by atoms with E-state index in [4.69, 9.17) is 14.3 Å². The van der Waals surface area contributed by atoms with E-state index >= 15 is 0 Å². The molecular formula is C20H16FNO7. The number of halogens is 1. The third-order valence-electron chi connectivity index (χ3n) is 4.12. The third-order valence-corrected chi connectivity index (χ3v) is 4.12. The van der Waals surface area contributed by atoms with Gasteiger partial charge in [-0.25, -0.2) is 9.18 Å². The summed E-state index contributed by atoms with van der Waals surface area (Å²) < 4.78 is 23.8. The van der Waals surface area contributed by atoms with Crippen molar-refractivity contribution in [2.45, 2.75) is 19.6 Å². The molecule has 3 rings (SSSR count). The summed E-state index contributed by atoms with van der Waals surface area (Å²) in [5, 5.41) is 21.5. The normalized spacial score (nSPS) is 11.8. The van der Waals surface area contributed by atoms with Gasteiger partial charge in [0.05, 0.1) is 0 Å². The summed E-state index contributed by atoms with van der Waals surface area (Å²) in [5.74, 6) is -3.38. The number of carboxylic acid groups (broad SMARTS) is 1. The van der Waals surface area contributed by atoms with E-state index in [1.807, 2.05) is 0 Å². The first-order chi connectivity index (χ1) is 13.8. The maximum absolute atomic E-state index is 13.0. The molecule has 1 unspecified atom stereocenters. The minimum atomic E-state index is -1.31. The quantitative estimate of drug-likeness (QED) is 0.542. The highest BCUT2D eigenvalue weighted by Gasteiger charge is 2.25. The Balaban J connectivity index is 1.99. The smallest absolute Gasteiger partial charge is 0.353 e. The molecule has 1 amide bonds. The Morgan fingerprint density at radius 3 is 2.55 bits per heavy atom. The Morgan fingerprint density at radius 2 is 1.90 bits per heavy atom. The fourth-order valence-electron chi connectivity index (χ4n) is 2.59. The van der Waals surface area contributed by atoms with Crippen LogP contribution in [0.2, 0.25) is 0 Å². The molecule has 1 aromatic heterocycles. The predicted molar refractivity (Wildman–Crippen MR) is 99.4 cm³/mol. The van der Waals surface area contributed by atoms with Crippen LogP contribution < -0.4 is 15.7 Å². The van der Waals surface area contributed by atoms with Crippen LogP contribution in [0.25, 0.3) is 11.0 Å². The van der Waals surface area contributed by atoms with Gasteiger partial charge in [0, 0.05) is 0 Å². The van der Waals surface area contributed by atoms with E-state index in [1.165, 1.54) is 49.4 Å². The molecular weight excluding hydrogens is 385 g/mol. The van der Waals surface area contributed by atoms with Crippen molar-refractivity contribution in [2.24, 2.45) is 0 Å². The third kappa shape index (κ3) is 4.18. The van der Waals surface area contributed by atoms with E-state index in [0.717, 1.165) is 0 Å². The molecule has 2 aromatic carbocycles. The number of aromatic hydroxyl groups is 1.